The molecule has 0 spiro atoms. The number of allylic oxidation sites excluding steroid dienone is 1. The van der Waals surface area contributed by atoms with Gasteiger partial charge in [0.25, 0.3) is 0 Å². The van der Waals surface area contributed by atoms with Crippen molar-refractivity contribution in [2.75, 3.05) is 0 Å². The van der Waals surface area contributed by atoms with Crippen LogP contribution in [0.15, 0.2) is 23.3 Å². The van der Waals surface area contributed by atoms with Gasteiger partial charge in [-0.2, -0.15) is 0 Å². The van der Waals surface area contributed by atoms with Gasteiger partial charge in [-0.15, -0.1) is 0 Å². The van der Waals surface area contributed by atoms with E-state index in [1.54, 1.807) is 6.92 Å². The number of rotatable bonds is 0. The lowest BCUT2D eigenvalue weighted by molar-refractivity contribution is -0.183. The van der Waals surface area contributed by atoms with Gasteiger partial charge in [0.15, 0.2) is 0 Å². The monoisotopic (exact) mass is 364 g/mol. The molecule has 0 radical (unpaired) electrons. The lowest BCUT2D eigenvalue weighted by atomic mass is 9.90. The quantitative estimate of drug-likeness (QED) is 0.342. The molecule has 4 aliphatic rings. The molecule has 0 aromatic rings. The summed E-state index contributed by atoms with van der Waals surface area (Å²) in [5.41, 5.74) is 0.470. The van der Waals surface area contributed by atoms with E-state index in [0.29, 0.717) is 17.9 Å². The number of fused-ring (bicyclic) bond motifs is 3. The van der Waals surface area contributed by atoms with Gasteiger partial charge in [-0.1, -0.05) is 19.9 Å². The molecule has 2 fully saturated rings. The van der Waals surface area contributed by atoms with Crippen molar-refractivity contribution in [2.45, 2.75) is 76.7 Å². The highest BCUT2D eigenvalue weighted by molar-refractivity contribution is 5.91. The number of hydrogen-bond donors (Lipinski definition) is 3. The summed E-state index contributed by atoms with van der Waals surface area (Å²) in [6.07, 6.45) is 2.23. The fourth-order valence-corrected chi connectivity index (χ4v) is 4.98. The highest BCUT2D eigenvalue weighted by atomic mass is 16.7. The van der Waals surface area contributed by atoms with Gasteiger partial charge in [-0.25, -0.2) is 4.79 Å². The number of aliphatic hydroxyl groups excluding tert-OH is 2. The summed E-state index contributed by atoms with van der Waals surface area (Å²) in [4.78, 5) is 12.2. The summed E-state index contributed by atoms with van der Waals surface area (Å²) in [7, 11) is 0. The van der Waals surface area contributed by atoms with Crippen LogP contribution in [0.2, 0.25) is 0 Å². The standard InChI is InChI=1S/C20H28O6/c1-10-7-13-12(18(13,2)3)6-5-11-8-20(24,26-17(11)23)9-19(4)16(25-19)15(22)14(10)21/h7-8,12-16,21-22,24H,5-6,9H2,1-4H3/b10-7-/t12-,13+,14-,15-,16+,19+,20+/m1/s1. The van der Waals surface area contributed by atoms with E-state index in [1.807, 2.05) is 6.92 Å². The molecule has 0 amide bonds. The zero-order valence-corrected chi connectivity index (χ0v) is 15.7. The molecular weight excluding hydrogens is 336 g/mol. The maximum Gasteiger partial charge on any atom is 0.336 e. The second-order valence-electron chi connectivity index (χ2n) is 9.27. The molecule has 0 aromatic heterocycles. The minimum absolute atomic E-state index is 0.0317. The van der Waals surface area contributed by atoms with Crippen molar-refractivity contribution >= 4 is 5.97 Å². The number of esters is 1. The highest BCUT2D eigenvalue weighted by Gasteiger charge is 2.62. The summed E-state index contributed by atoms with van der Waals surface area (Å²) in [6, 6.07) is 0. The topological polar surface area (TPSA) is 99.5 Å². The molecule has 2 bridgehead atoms. The maximum atomic E-state index is 12.2. The molecule has 26 heavy (non-hydrogen) atoms. The molecule has 2 aliphatic carbocycles. The average molecular weight is 364 g/mol. The van der Waals surface area contributed by atoms with Gasteiger partial charge >= 0.3 is 5.97 Å². The summed E-state index contributed by atoms with van der Waals surface area (Å²) < 4.78 is 10.8. The number of ether oxygens (including phenoxy) is 2. The zero-order chi connectivity index (χ0) is 19.1. The van der Waals surface area contributed by atoms with Gasteiger partial charge in [0.1, 0.15) is 23.9 Å². The van der Waals surface area contributed by atoms with E-state index in [9.17, 15) is 20.1 Å². The Morgan fingerprint density at radius 2 is 1.92 bits per heavy atom. The third-order valence-electron chi connectivity index (χ3n) is 6.88. The first-order valence-corrected chi connectivity index (χ1v) is 9.37. The molecule has 0 aromatic carbocycles. The SMILES string of the molecule is C/C1=C/[C@H]2[C@@H](CCC3=C[C@@](O)(C[C@]4(C)O[C@H]4[C@H](O)[C@@H]1O)OC3=O)C2(C)C. The first kappa shape index (κ1) is 18.2. The summed E-state index contributed by atoms with van der Waals surface area (Å²) >= 11 is 0. The molecule has 1 saturated heterocycles. The van der Waals surface area contributed by atoms with Crippen LogP contribution in [0, 0.1) is 17.3 Å². The minimum atomic E-state index is -1.71. The minimum Gasteiger partial charge on any atom is -0.426 e. The van der Waals surface area contributed by atoms with Gasteiger partial charge in [0.05, 0.1) is 0 Å². The molecule has 0 unspecified atom stereocenters. The van der Waals surface area contributed by atoms with Crippen molar-refractivity contribution < 1.29 is 29.6 Å². The molecule has 7 atom stereocenters. The molecule has 4 rings (SSSR count). The van der Waals surface area contributed by atoms with E-state index in [-0.39, 0.29) is 17.8 Å². The molecule has 2 aliphatic heterocycles. The van der Waals surface area contributed by atoms with E-state index in [2.05, 4.69) is 19.9 Å². The Kier molecular flexibility index (Phi) is 3.78. The number of carbonyl (C=O) groups is 1. The van der Waals surface area contributed by atoms with Gasteiger partial charge in [-0.05, 0) is 55.6 Å². The van der Waals surface area contributed by atoms with E-state index < -0.39 is 35.7 Å². The molecule has 6 heteroatoms. The normalized spacial score (nSPS) is 51.8. The predicted octanol–water partition coefficient (Wildman–Crippen LogP) is 1.44. The van der Waals surface area contributed by atoms with Crippen molar-refractivity contribution in [3.05, 3.63) is 23.3 Å². The number of carbonyl (C=O) groups excluding carboxylic acids is 1. The fraction of sp³-hybridized carbons (Fsp3) is 0.750. The van der Waals surface area contributed by atoms with Crippen molar-refractivity contribution in [3.63, 3.8) is 0 Å². The van der Waals surface area contributed by atoms with E-state index in [4.69, 9.17) is 9.47 Å². The Morgan fingerprint density at radius 1 is 1.23 bits per heavy atom. The Morgan fingerprint density at radius 3 is 2.62 bits per heavy atom. The molecule has 144 valence electrons. The van der Waals surface area contributed by atoms with Crippen molar-refractivity contribution in [1.29, 1.82) is 0 Å². The smallest absolute Gasteiger partial charge is 0.336 e. The van der Waals surface area contributed by atoms with E-state index in [0.717, 1.165) is 12.0 Å². The lowest BCUT2D eigenvalue weighted by Crippen LogP contribution is -2.39. The van der Waals surface area contributed by atoms with Crippen LogP contribution in [0.3, 0.4) is 0 Å². The number of epoxide rings is 1. The Balaban J connectivity index is 1.66. The van der Waals surface area contributed by atoms with Crippen LogP contribution in [-0.4, -0.2) is 51.0 Å². The lowest BCUT2D eigenvalue weighted by Gasteiger charge is -2.23. The molecule has 1 saturated carbocycles. The average Bonchev–Trinajstić information content (AvgIpc) is 3.29. The van der Waals surface area contributed by atoms with Crippen LogP contribution in [0.25, 0.3) is 0 Å². The van der Waals surface area contributed by atoms with Crippen LogP contribution in [0.1, 0.15) is 47.0 Å². The fourth-order valence-electron chi connectivity index (χ4n) is 4.98. The van der Waals surface area contributed by atoms with Crippen LogP contribution in [0.5, 0.6) is 0 Å². The number of hydrogen-bond acceptors (Lipinski definition) is 6. The van der Waals surface area contributed by atoms with Crippen LogP contribution < -0.4 is 0 Å². The van der Waals surface area contributed by atoms with Crippen LogP contribution in [0.4, 0.5) is 0 Å². The van der Waals surface area contributed by atoms with E-state index >= 15 is 0 Å². The predicted molar refractivity (Wildman–Crippen MR) is 92.8 cm³/mol. The highest BCUT2D eigenvalue weighted by Crippen LogP contribution is 2.62. The number of aliphatic hydroxyl groups is 3. The van der Waals surface area contributed by atoms with Crippen LogP contribution >= 0.6 is 0 Å². The Labute approximate surface area is 153 Å². The summed E-state index contributed by atoms with van der Waals surface area (Å²) in [5, 5.41) is 31.8. The van der Waals surface area contributed by atoms with Gasteiger partial charge in [-0.3, -0.25) is 0 Å². The van der Waals surface area contributed by atoms with Gasteiger partial charge in [0.2, 0.25) is 5.79 Å². The summed E-state index contributed by atoms with van der Waals surface area (Å²) in [5.74, 6) is -1.52. The molecule has 3 N–H and O–H groups in total. The maximum absolute atomic E-state index is 12.2. The zero-order valence-electron chi connectivity index (χ0n) is 15.7. The van der Waals surface area contributed by atoms with Crippen molar-refractivity contribution in [3.8, 4) is 0 Å². The molecular formula is C20H28O6. The van der Waals surface area contributed by atoms with E-state index in [1.165, 1.54) is 6.08 Å². The first-order chi connectivity index (χ1) is 12.0. The van der Waals surface area contributed by atoms with Crippen LogP contribution in [-0.2, 0) is 14.3 Å². The second kappa shape index (κ2) is 5.41. The van der Waals surface area contributed by atoms with Gasteiger partial charge in [0, 0.05) is 12.0 Å². The second-order valence-corrected chi connectivity index (χ2v) is 9.27. The van der Waals surface area contributed by atoms with Gasteiger partial charge < -0.3 is 24.8 Å². The molecule has 6 nitrogen and oxygen atoms in total. The molecule has 2 heterocycles. The van der Waals surface area contributed by atoms with Crippen molar-refractivity contribution in [2.24, 2.45) is 17.3 Å². The first-order valence-electron chi connectivity index (χ1n) is 9.37. The summed E-state index contributed by atoms with van der Waals surface area (Å²) in [6.45, 7) is 7.92. The van der Waals surface area contributed by atoms with Crippen molar-refractivity contribution in [1.82, 2.24) is 0 Å². The third-order valence-corrected chi connectivity index (χ3v) is 6.88. The Bertz CT molecular complexity index is 709. The Hall–Kier alpha value is -1.21. The third kappa shape index (κ3) is 2.74. The largest absolute Gasteiger partial charge is 0.426 e.